The molecule has 27 heavy (non-hydrogen) atoms. The van der Waals surface area contributed by atoms with Crippen LogP contribution in [0.4, 0.5) is 0 Å². The lowest BCUT2D eigenvalue weighted by atomic mass is 10.1. The minimum atomic E-state index is -0.183. The molecule has 6 heteroatoms. The van der Waals surface area contributed by atoms with Crippen molar-refractivity contribution in [1.82, 2.24) is 14.7 Å². The fourth-order valence-electron chi connectivity index (χ4n) is 3.86. The van der Waals surface area contributed by atoms with E-state index in [1.54, 1.807) is 11.0 Å². The third kappa shape index (κ3) is 4.11. The van der Waals surface area contributed by atoms with Crippen molar-refractivity contribution in [3.05, 3.63) is 63.6 Å². The molecule has 0 saturated carbocycles. The van der Waals surface area contributed by atoms with Crippen LogP contribution in [0.1, 0.15) is 42.2 Å². The van der Waals surface area contributed by atoms with Crippen LogP contribution in [0.25, 0.3) is 0 Å². The number of carbonyl (C=O) groups excluding carboxylic acids is 1. The van der Waals surface area contributed by atoms with Crippen LogP contribution in [0.3, 0.4) is 0 Å². The van der Waals surface area contributed by atoms with Crippen molar-refractivity contribution in [3.63, 3.8) is 0 Å². The molecule has 1 amide bonds. The second-order valence-electron chi connectivity index (χ2n) is 7.28. The minimum Gasteiger partial charge on any atom is -0.370 e. The highest BCUT2D eigenvalue weighted by Gasteiger charge is 2.26. The maximum atomic E-state index is 12.8. The number of nitrogens with zero attached hydrogens (tertiary/aromatic N) is 3. The standard InChI is InChI=1S/C21H25N3O3/c25-20-13-17-9-5-2-6-10-18(17)22-24(20)15-21(26)23-11-12-27-19(14-23)16-7-3-1-4-8-16/h1,3-4,7-8,13,19H,2,5-6,9-12,14-15H2/t19-/m1/s1. The lowest BCUT2D eigenvalue weighted by molar-refractivity contribution is -0.140. The number of aromatic nitrogens is 2. The zero-order valence-electron chi connectivity index (χ0n) is 15.5. The molecule has 0 spiro atoms. The van der Waals surface area contributed by atoms with Gasteiger partial charge in [-0.15, -0.1) is 0 Å². The van der Waals surface area contributed by atoms with Gasteiger partial charge in [0.1, 0.15) is 12.6 Å². The molecule has 1 aliphatic heterocycles. The Kier molecular flexibility index (Phi) is 5.34. The summed E-state index contributed by atoms with van der Waals surface area (Å²) in [6.07, 6.45) is 5.03. The molecule has 1 saturated heterocycles. The predicted octanol–water partition coefficient (Wildman–Crippen LogP) is 2.11. The number of aryl methyl sites for hydroxylation is 2. The van der Waals surface area contributed by atoms with Crippen LogP contribution in [0.15, 0.2) is 41.2 Å². The summed E-state index contributed by atoms with van der Waals surface area (Å²) in [5.74, 6) is -0.0811. The average molecular weight is 367 g/mol. The van der Waals surface area contributed by atoms with Gasteiger partial charge in [-0.25, -0.2) is 4.68 Å². The number of benzene rings is 1. The number of hydrogen-bond acceptors (Lipinski definition) is 4. The van der Waals surface area contributed by atoms with Crippen molar-refractivity contribution in [3.8, 4) is 0 Å². The van der Waals surface area contributed by atoms with E-state index >= 15 is 0 Å². The monoisotopic (exact) mass is 367 g/mol. The average Bonchev–Trinajstić information content (AvgIpc) is 2.94. The molecular formula is C21H25N3O3. The lowest BCUT2D eigenvalue weighted by Crippen LogP contribution is -2.45. The fourth-order valence-corrected chi connectivity index (χ4v) is 3.86. The molecule has 142 valence electrons. The van der Waals surface area contributed by atoms with Gasteiger partial charge in [0.2, 0.25) is 5.91 Å². The van der Waals surface area contributed by atoms with E-state index in [9.17, 15) is 9.59 Å². The normalized spacial score (nSPS) is 20.0. The fraction of sp³-hybridized carbons (Fsp3) is 0.476. The van der Waals surface area contributed by atoms with Gasteiger partial charge in [0.05, 0.1) is 18.8 Å². The quantitative estimate of drug-likeness (QED) is 0.780. The van der Waals surface area contributed by atoms with Crippen LogP contribution < -0.4 is 5.56 Å². The van der Waals surface area contributed by atoms with Crippen LogP contribution >= 0.6 is 0 Å². The number of carbonyl (C=O) groups is 1. The molecule has 0 unspecified atom stereocenters. The second-order valence-corrected chi connectivity index (χ2v) is 7.28. The molecule has 2 aliphatic rings. The van der Waals surface area contributed by atoms with Crippen LogP contribution in [0.5, 0.6) is 0 Å². The largest absolute Gasteiger partial charge is 0.370 e. The molecule has 4 rings (SSSR count). The first-order valence-electron chi connectivity index (χ1n) is 9.75. The summed E-state index contributed by atoms with van der Waals surface area (Å²) in [5.41, 5.74) is 2.91. The summed E-state index contributed by atoms with van der Waals surface area (Å²) in [7, 11) is 0. The van der Waals surface area contributed by atoms with Crippen LogP contribution in [0.2, 0.25) is 0 Å². The Bertz CT molecular complexity index is 863. The molecule has 1 atom stereocenters. The summed E-state index contributed by atoms with van der Waals surface area (Å²) < 4.78 is 7.16. The van der Waals surface area contributed by atoms with Crippen molar-refractivity contribution in [2.24, 2.45) is 0 Å². The number of amides is 1. The van der Waals surface area contributed by atoms with Gasteiger partial charge in [-0.2, -0.15) is 5.10 Å². The van der Waals surface area contributed by atoms with Gasteiger partial charge in [-0.05, 0) is 36.8 Å². The molecule has 1 aromatic heterocycles. The van der Waals surface area contributed by atoms with Gasteiger partial charge < -0.3 is 9.64 Å². The molecule has 1 fully saturated rings. The summed E-state index contributed by atoms with van der Waals surface area (Å²) in [4.78, 5) is 27.0. The molecule has 6 nitrogen and oxygen atoms in total. The maximum absolute atomic E-state index is 12.8. The van der Waals surface area contributed by atoms with Crippen molar-refractivity contribution >= 4 is 5.91 Å². The van der Waals surface area contributed by atoms with Gasteiger partial charge in [0.25, 0.3) is 5.56 Å². The van der Waals surface area contributed by atoms with E-state index < -0.39 is 0 Å². The van der Waals surface area contributed by atoms with Crippen LogP contribution in [0, 0.1) is 0 Å². The number of fused-ring (bicyclic) bond motifs is 1. The van der Waals surface area contributed by atoms with Gasteiger partial charge in [-0.1, -0.05) is 36.8 Å². The number of rotatable bonds is 3. The zero-order chi connectivity index (χ0) is 18.6. The SMILES string of the molecule is O=C(Cn1nc2c(cc1=O)CCCCC2)N1CCO[C@@H](c2ccccc2)C1. The summed E-state index contributed by atoms with van der Waals surface area (Å²) in [6, 6.07) is 11.6. The Hall–Kier alpha value is -2.47. The molecular weight excluding hydrogens is 342 g/mol. The third-order valence-corrected chi connectivity index (χ3v) is 5.40. The van der Waals surface area contributed by atoms with Crippen molar-refractivity contribution in [2.75, 3.05) is 19.7 Å². The predicted molar refractivity (Wildman–Crippen MR) is 101 cm³/mol. The first-order valence-corrected chi connectivity index (χ1v) is 9.75. The highest BCUT2D eigenvalue weighted by Crippen LogP contribution is 2.22. The molecule has 0 N–H and O–H groups in total. The van der Waals surface area contributed by atoms with Gasteiger partial charge >= 0.3 is 0 Å². The number of ether oxygens (including phenoxy) is 1. The van der Waals surface area contributed by atoms with Crippen molar-refractivity contribution in [1.29, 1.82) is 0 Å². The minimum absolute atomic E-state index is 0.00633. The Labute approximate surface area is 158 Å². The highest BCUT2D eigenvalue weighted by atomic mass is 16.5. The van der Waals surface area contributed by atoms with E-state index in [0.717, 1.165) is 48.9 Å². The number of morpholine rings is 1. The molecule has 0 bridgehead atoms. The lowest BCUT2D eigenvalue weighted by Gasteiger charge is -2.33. The first kappa shape index (κ1) is 17.9. The first-order chi connectivity index (χ1) is 13.2. The molecule has 2 heterocycles. The Morgan fingerprint density at radius 1 is 1.15 bits per heavy atom. The second kappa shape index (κ2) is 8.05. The van der Waals surface area contributed by atoms with E-state index in [0.29, 0.717) is 19.7 Å². The van der Waals surface area contributed by atoms with Gasteiger partial charge in [0, 0.05) is 12.6 Å². The van der Waals surface area contributed by atoms with Gasteiger partial charge in [-0.3, -0.25) is 9.59 Å². The van der Waals surface area contributed by atoms with E-state index in [2.05, 4.69) is 5.10 Å². The Morgan fingerprint density at radius 2 is 1.96 bits per heavy atom. The molecule has 2 aromatic rings. The maximum Gasteiger partial charge on any atom is 0.267 e. The number of hydrogen-bond donors (Lipinski definition) is 0. The van der Waals surface area contributed by atoms with Gasteiger partial charge in [0.15, 0.2) is 0 Å². The highest BCUT2D eigenvalue weighted by molar-refractivity contribution is 5.76. The molecule has 0 radical (unpaired) electrons. The van der Waals surface area contributed by atoms with E-state index in [1.165, 1.54) is 4.68 Å². The van der Waals surface area contributed by atoms with Crippen LogP contribution in [-0.2, 0) is 28.9 Å². The van der Waals surface area contributed by atoms with Crippen molar-refractivity contribution in [2.45, 2.75) is 44.8 Å². The van der Waals surface area contributed by atoms with Crippen molar-refractivity contribution < 1.29 is 9.53 Å². The Morgan fingerprint density at radius 3 is 2.81 bits per heavy atom. The smallest absolute Gasteiger partial charge is 0.267 e. The van der Waals surface area contributed by atoms with E-state index in [1.807, 2.05) is 30.3 Å². The summed E-state index contributed by atoms with van der Waals surface area (Å²) >= 11 is 0. The zero-order valence-corrected chi connectivity index (χ0v) is 15.5. The molecule has 1 aliphatic carbocycles. The summed E-state index contributed by atoms with van der Waals surface area (Å²) in [5, 5.41) is 4.51. The molecule has 1 aromatic carbocycles. The third-order valence-electron chi connectivity index (χ3n) is 5.40. The summed E-state index contributed by atoms with van der Waals surface area (Å²) in [6.45, 7) is 1.54. The van der Waals surface area contributed by atoms with E-state index in [-0.39, 0.29) is 24.1 Å². The van der Waals surface area contributed by atoms with Crippen LogP contribution in [-0.4, -0.2) is 40.3 Å². The Balaban J connectivity index is 1.47. The topological polar surface area (TPSA) is 64.4 Å². The van der Waals surface area contributed by atoms with E-state index in [4.69, 9.17) is 4.74 Å².